The first-order valence-electron chi connectivity index (χ1n) is 8.26. The molecule has 4 nitrogen and oxygen atoms in total. The maximum atomic E-state index is 13.7. The molecule has 0 saturated carbocycles. The topological polar surface area (TPSA) is 44.1 Å². The van der Waals surface area contributed by atoms with Gasteiger partial charge in [0.15, 0.2) is 0 Å². The number of halogens is 2. The highest BCUT2D eigenvalue weighted by molar-refractivity contribution is 5.70. The molecule has 0 aliphatic rings. The van der Waals surface area contributed by atoms with Gasteiger partial charge in [-0.25, -0.2) is 13.5 Å². The lowest BCUT2D eigenvalue weighted by Gasteiger charge is -2.14. The highest BCUT2D eigenvalue weighted by atomic mass is 19.1. The van der Waals surface area contributed by atoms with Gasteiger partial charge in [-0.2, -0.15) is 5.10 Å². The molecule has 1 atom stereocenters. The molecule has 26 heavy (non-hydrogen) atoms. The summed E-state index contributed by atoms with van der Waals surface area (Å²) in [4.78, 5) is 12.0. The van der Waals surface area contributed by atoms with Gasteiger partial charge in [0, 0.05) is 24.2 Å². The fourth-order valence-corrected chi connectivity index (χ4v) is 2.61. The summed E-state index contributed by atoms with van der Waals surface area (Å²) in [5, 5.41) is 4.27. The maximum Gasteiger partial charge on any atom is 0.306 e. The van der Waals surface area contributed by atoms with Crippen molar-refractivity contribution in [1.29, 1.82) is 0 Å². The average molecular weight is 356 g/mol. The SMILES string of the molecule is CC(OC(=O)CCc1cnn(-c2ccccc2)c1)c1ccc(F)cc1F. The number of rotatable bonds is 6. The van der Waals surface area contributed by atoms with Gasteiger partial charge < -0.3 is 4.74 Å². The fourth-order valence-electron chi connectivity index (χ4n) is 2.61. The smallest absolute Gasteiger partial charge is 0.306 e. The van der Waals surface area contributed by atoms with Crippen molar-refractivity contribution in [2.45, 2.75) is 25.9 Å². The molecule has 134 valence electrons. The molecule has 0 aliphatic heterocycles. The summed E-state index contributed by atoms with van der Waals surface area (Å²) in [5.74, 6) is -1.84. The molecule has 1 heterocycles. The zero-order valence-corrected chi connectivity index (χ0v) is 14.2. The van der Waals surface area contributed by atoms with Gasteiger partial charge >= 0.3 is 5.97 Å². The van der Waals surface area contributed by atoms with E-state index in [0.717, 1.165) is 23.4 Å². The van der Waals surface area contributed by atoms with Crippen molar-refractivity contribution >= 4 is 5.97 Å². The largest absolute Gasteiger partial charge is 0.458 e. The fraction of sp³-hybridized carbons (Fsp3) is 0.200. The van der Waals surface area contributed by atoms with Crippen LogP contribution < -0.4 is 0 Å². The number of nitrogens with zero attached hydrogens (tertiary/aromatic N) is 2. The van der Waals surface area contributed by atoms with Gasteiger partial charge in [-0.15, -0.1) is 0 Å². The Hall–Kier alpha value is -3.02. The normalized spacial score (nSPS) is 12.0. The van der Waals surface area contributed by atoms with Crippen LogP contribution in [0.25, 0.3) is 5.69 Å². The standard InChI is InChI=1S/C20H18F2N2O2/c1-14(18-9-8-16(21)11-19(18)22)26-20(25)10-7-15-12-23-24(13-15)17-5-3-2-4-6-17/h2-6,8-9,11-14H,7,10H2,1H3. The van der Waals surface area contributed by atoms with Crippen LogP contribution in [0, 0.1) is 11.6 Å². The molecule has 0 amide bonds. The molecule has 1 unspecified atom stereocenters. The molecular formula is C20H18F2N2O2. The first kappa shape index (κ1) is 17.8. The highest BCUT2D eigenvalue weighted by Crippen LogP contribution is 2.21. The Kier molecular flexibility index (Phi) is 5.41. The monoisotopic (exact) mass is 356 g/mol. The lowest BCUT2D eigenvalue weighted by molar-refractivity contribution is -0.148. The zero-order chi connectivity index (χ0) is 18.5. The van der Waals surface area contributed by atoms with E-state index in [9.17, 15) is 13.6 Å². The average Bonchev–Trinajstić information content (AvgIpc) is 3.09. The minimum absolute atomic E-state index is 0.146. The molecule has 0 saturated heterocycles. The van der Waals surface area contributed by atoms with E-state index in [2.05, 4.69) is 5.10 Å². The summed E-state index contributed by atoms with van der Waals surface area (Å²) in [6, 6.07) is 12.8. The summed E-state index contributed by atoms with van der Waals surface area (Å²) in [6.07, 6.45) is 3.38. The highest BCUT2D eigenvalue weighted by Gasteiger charge is 2.16. The minimum Gasteiger partial charge on any atom is -0.458 e. The number of aryl methyl sites for hydroxylation is 1. The molecule has 6 heteroatoms. The van der Waals surface area contributed by atoms with Gasteiger partial charge in [0.25, 0.3) is 0 Å². The number of aromatic nitrogens is 2. The van der Waals surface area contributed by atoms with Crippen LogP contribution in [-0.4, -0.2) is 15.7 Å². The summed E-state index contributed by atoms with van der Waals surface area (Å²) >= 11 is 0. The second-order valence-corrected chi connectivity index (χ2v) is 5.93. The van der Waals surface area contributed by atoms with Gasteiger partial charge in [-0.3, -0.25) is 4.79 Å². The molecule has 0 spiro atoms. The predicted octanol–water partition coefficient (Wildman–Crippen LogP) is 4.39. The van der Waals surface area contributed by atoms with Crippen LogP contribution in [0.4, 0.5) is 8.78 Å². The van der Waals surface area contributed by atoms with Crippen molar-refractivity contribution in [2.75, 3.05) is 0 Å². The van der Waals surface area contributed by atoms with E-state index < -0.39 is 23.7 Å². The third kappa shape index (κ3) is 4.33. The van der Waals surface area contributed by atoms with Gasteiger partial charge in [0.05, 0.1) is 11.9 Å². The Morgan fingerprint density at radius 3 is 2.69 bits per heavy atom. The van der Waals surface area contributed by atoms with E-state index >= 15 is 0 Å². The molecule has 2 aromatic carbocycles. The Morgan fingerprint density at radius 1 is 1.19 bits per heavy atom. The van der Waals surface area contributed by atoms with Crippen LogP contribution in [0.1, 0.15) is 30.6 Å². The van der Waals surface area contributed by atoms with Gasteiger partial charge in [0.2, 0.25) is 0 Å². The lowest BCUT2D eigenvalue weighted by Crippen LogP contribution is -2.11. The number of ether oxygens (including phenoxy) is 1. The second kappa shape index (κ2) is 7.91. The molecular weight excluding hydrogens is 338 g/mol. The van der Waals surface area contributed by atoms with Crippen LogP contribution >= 0.6 is 0 Å². The van der Waals surface area contributed by atoms with Crippen molar-refractivity contribution in [1.82, 2.24) is 9.78 Å². The number of carbonyl (C=O) groups excluding carboxylic acids is 1. The van der Waals surface area contributed by atoms with Gasteiger partial charge in [-0.1, -0.05) is 18.2 Å². The Morgan fingerprint density at radius 2 is 1.96 bits per heavy atom. The maximum absolute atomic E-state index is 13.7. The first-order valence-corrected chi connectivity index (χ1v) is 8.26. The van der Waals surface area contributed by atoms with E-state index in [0.29, 0.717) is 6.42 Å². The van der Waals surface area contributed by atoms with Crippen LogP contribution in [0.15, 0.2) is 60.9 Å². The van der Waals surface area contributed by atoms with Gasteiger partial charge in [0.1, 0.15) is 17.7 Å². The van der Waals surface area contributed by atoms with E-state index in [1.165, 1.54) is 6.07 Å². The van der Waals surface area contributed by atoms with Gasteiger partial charge in [-0.05, 0) is 43.2 Å². The number of para-hydroxylation sites is 1. The van der Waals surface area contributed by atoms with E-state index in [1.807, 2.05) is 36.5 Å². The van der Waals surface area contributed by atoms with Crippen LogP contribution in [0.3, 0.4) is 0 Å². The molecule has 0 fully saturated rings. The number of hydrogen-bond acceptors (Lipinski definition) is 3. The molecule has 0 N–H and O–H groups in total. The van der Waals surface area contributed by atoms with E-state index in [4.69, 9.17) is 4.74 Å². The summed E-state index contributed by atoms with van der Waals surface area (Å²) < 4.78 is 33.6. The van der Waals surface area contributed by atoms with Crippen LogP contribution in [-0.2, 0) is 16.0 Å². The van der Waals surface area contributed by atoms with Crippen molar-refractivity contribution in [3.05, 3.63) is 83.7 Å². The molecule has 0 bridgehead atoms. The van der Waals surface area contributed by atoms with E-state index in [-0.39, 0.29) is 12.0 Å². The Labute approximate surface area is 150 Å². The van der Waals surface area contributed by atoms with Crippen molar-refractivity contribution < 1.29 is 18.3 Å². The molecule has 0 radical (unpaired) electrons. The molecule has 0 aliphatic carbocycles. The number of esters is 1. The van der Waals surface area contributed by atoms with Crippen molar-refractivity contribution in [2.24, 2.45) is 0 Å². The van der Waals surface area contributed by atoms with Crippen LogP contribution in [0.5, 0.6) is 0 Å². The van der Waals surface area contributed by atoms with Crippen molar-refractivity contribution in [3.8, 4) is 5.69 Å². The molecule has 3 aromatic rings. The number of carbonyl (C=O) groups is 1. The second-order valence-electron chi connectivity index (χ2n) is 5.93. The lowest BCUT2D eigenvalue weighted by atomic mass is 10.1. The summed E-state index contributed by atoms with van der Waals surface area (Å²) in [5.41, 5.74) is 1.98. The third-order valence-electron chi connectivity index (χ3n) is 3.98. The van der Waals surface area contributed by atoms with Crippen molar-refractivity contribution in [3.63, 3.8) is 0 Å². The Balaban J connectivity index is 1.55. The molecule has 3 rings (SSSR count). The number of benzene rings is 2. The predicted molar refractivity (Wildman–Crippen MR) is 92.8 cm³/mol. The summed E-state index contributed by atoms with van der Waals surface area (Å²) in [6.45, 7) is 1.56. The first-order chi connectivity index (χ1) is 12.5. The quantitative estimate of drug-likeness (QED) is 0.616. The Bertz CT molecular complexity index is 894. The molecule has 1 aromatic heterocycles. The van der Waals surface area contributed by atoms with E-state index in [1.54, 1.807) is 17.8 Å². The third-order valence-corrected chi connectivity index (χ3v) is 3.98. The zero-order valence-electron chi connectivity index (χ0n) is 14.2. The minimum atomic E-state index is -0.782. The number of hydrogen-bond donors (Lipinski definition) is 0. The summed E-state index contributed by atoms with van der Waals surface area (Å²) in [7, 11) is 0. The van der Waals surface area contributed by atoms with Crippen LogP contribution in [0.2, 0.25) is 0 Å².